The van der Waals surface area contributed by atoms with Gasteiger partial charge in [-0.1, -0.05) is 12.1 Å². The van der Waals surface area contributed by atoms with Crippen LogP contribution in [0.2, 0.25) is 0 Å². The van der Waals surface area contributed by atoms with Gasteiger partial charge in [-0.05, 0) is 12.1 Å². The summed E-state index contributed by atoms with van der Waals surface area (Å²) in [6.45, 7) is 0.296. The van der Waals surface area contributed by atoms with Crippen molar-refractivity contribution in [2.24, 2.45) is 0 Å². The topological polar surface area (TPSA) is 68.7 Å². The molecule has 5 nitrogen and oxygen atoms in total. The molecule has 0 fully saturated rings. The average molecular weight is 279 g/mol. The molecule has 0 bridgehead atoms. The molecule has 1 N–H and O–H groups in total. The standard InChI is InChI=1S/C13H13NO4S/c1-17-10-4-2-3-5-11(10)18-7-12-14-9(8-19-12)6-13(15)16/h2-5,8H,6-7H2,1H3,(H,15,16). The minimum Gasteiger partial charge on any atom is -0.493 e. The second-order valence-corrected chi connectivity index (χ2v) is 4.69. The number of carbonyl (C=O) groups is 1. The SMILES string of the molecule is COc1ccccc1OCc1nc(CC(=O)O)cs1. The average Bonchev–Trinajstić information content (AvgIpc) is 2.83. The molecule has 0 unspecified atom stereocenters. The van der Waals surface area contributed by atoms with Gasteiger partial charge in [0.05, 0.1) is 19.2 Å². The van der Waals surface area contributed by atoms with Crippen molar-refractivity contribution < 1.29 is 19.4 Å². The molecule has 2 rings (SSSR count). The molecule has 19 heavy (non-hydrogen) atoms. The van der Waals surface area contributed by atoms with E-state index in [0.717, 1.165) is 5.01 Å². The van der Waals surface area contributed by atoms with Crippen molar-refractivity contribution in [3.05, 3.63) is 40.3 Å². The summed E-state index contributed by atoms with van der Waals surface area (Å²) in [6.07, 6.45) is -0.0643. The van der Waals surface area contributed by atoms with Gasteiger partial charge < -0.3 is 14.6 Å². The Kier molecular flexibility index (Phi) is 4.35. The summed E-state index contributed by atoms with van der Waals surface area (Å²) < 4.78 is 10.8. The smallest absolute Gasteiger partial charge is 0.309 e. The number of nitrogens with zero attached hydrogens (tertiary/aromatic N) is 1. The molecular weight excluding hydrogens is 266 g/mol. The Labute approximate surface area is 114 Å². The zero-order chi connectivity index (χ0) is 13.7. The maximum atomic E-state index is 10.6. The van der Waals surface area contributed by atoms with Crippen LogP contribution in [-0.2, 0) is 17.8 Å². The summed E-state index contributed by atoms with van der Waals surface area (Å²) in [6, 6.07) is 7.34. The van der Waals surface area contributed by atoms with Crippen LogP contribution in [0, 0.1) is 0 Å². The Morgan fingerprint density at radius 3 is 2.79 bits per heavy atom. The van der Waals surface area contributed by atoms with Crippen LogP contribution in [0.15, 0.2) is 29.6 Å². The summed E-state index contributed by atoms with van der Waals surface area (Å²) >= 11 is 1.38. The van der Waals surface area contributed by atoms with E-state index in [2.05, 4.69) is 4.98 Å². The highest BCUT2D eigenvalue weighted by Crippen LogP contribution is 2.27. The quantitative estimate of drug-likeness (QED) is 0.879. The van der Waals surface area contributed by atoms with Crippen LogP contribution < -0.4 is 9.47 Å². The van der Waals surface area contributed by atoms with Gasteiger partial charge in [0.1, 0.15) is 11.6 Å². The lowest BCUT2D eigenvalue weighted by molar-refractivity contribution is -0.136. The molecule has 0 atom stereocenters. The molecule has 1 heterocycles. The fraction of sp³-hybridized carbons (Fsp3) is 0.231. The summed E-state index contributed by atoms with van der Waals surface area (Å²) in [5.74, 6) is 0.410. The van der Waals surface area contributed by atoms with Gasteiger partial charge in [0, 0.05) is 5.38 Å². The number of para-hydroxylation sites is 2. The van der Waals surface area contributed by atoms with Gasteiger partial charge >= 0.3 is 5.97 Å². The van der Waals surface area contributed by atoms with Crippen molar-refractivity contribution in [1.29, 1.82) is 0 Å². The third-order valence-corrected chi connectivity index (χ3v) is 3.22. The van der Waals surface area contributed by atoms with Crippen molar-refractivity contribution in [3.63, 3.8) is 0 Å². The van der Waals surface area contributed by atoms with Gasteiger partial charge in [0.15, 0.2) is 11.5 Å². The third kappa shape index (κ3) is 3.69. The number of carboxylic acid groups (broad SMARTS) is 1. The highest BCUT2D eigenvalue weighted by molar-refractivity contribution is 7.09. The van der Waals surface area contributed by atoms with E-state index in [9.17, 15) is 4.79 Å². The Morgan fingerprint density at radius 2 is 2.11 bits per heavy atom. The number of benzene rings is 1. The number of ether oxygens (including phenoxy) is 2. The number of aromatic nitrogens is 1. The van der Waals surface area contributed by atoms with E-state index in [1.807, 2.05) is 24.3 Å². The Bertz CT molecular complexity index is 567. The second-order valence-electron chi connectivity index (χ2n) is 3.74. The van der Waals surface area contributed by atoms with Gasteiger partial charge in [-0.25, -0.2) is 4.98 Å². The minimum absolute atomic E-state index is 0.0643. The van der Waals surface area contributed by atoms with Crippen molar-refractivity contribution in [2.75, 3.05) is 7.11 Å². The van der Waals surface area contributed by atoms with Crippen molar-refractivity contribution in [3.8, 4) is 11.5 Å². The largest absolute Gasteiger partial charge is 0.493 e. The van der Waals surface area contributed by atoms with E-state index >= 15 is 0 Å². The van der Waals surface area contributed by atoms with E-state index in [1.165, 1.54) is 11.3 Å². The number of methoxy groups -OCH3 is 1. The highest BCUT2D eigenvalue weighted by atomic mass is 32.1. The van der Waals surface area contributed by atoms with Crippen LogP contribution in [0.5, 0.6) is 11.5 Å². The number of hydrogen-bond donors (Lipinski definition) is 1. The van der Waals surface area contributed by atoms with Crippen molar-refractivity contribution in [1.82, 2.24) is 4.98 Å². The molecule has 0 amide bonds. The van der Waals surface area contributed by atoms with Crippen LogP contribution in [0.25, 0.3) is 0 Å². The first-order valence-electron chi connectivity index (χ1n) is 5.60. The van der Waals surface area contributed by atoms with Gasteiger partial charge in [-0.3, -0.25) is 4.79 Å². The maximum absolute atomic E-state index is 10.6. The van der Waals surface area contributed by atoms with E-state index in [-0.39, 0.29) is 6.42 Å². The van der Waals surface area contributed by atoms with E-state index < -0.39 is 5.97 Å². The lowest BCUT2D eigenvalue weighted by Crippen LogP contribution is -2.01. The second kappa shape index (κ2) is 6.19. The lowest BCUT2D eigenvalue weighted by Gasteiger charge is -2.08. The lowest BCUT2D eigenvalue weighted by atomic mass is 10.3. The van der Waals surface area contributed by atoms with Crippen LogP contribution in [0.3, 0.4) is 0 Å². The molecule has 0 saturated carbocycles. The summed E-state index contributed by atoms with van der Waals surface area (Å²) in [7, 11) is 1.58. The van der Waals surface area contributed by atoms with Crippen LogP contribution in [0.1, 0.15) is 10.7 Å². The van der Waals surface area contributed by atoms with Gasteiger partial charge in [0.25, 0.3) is 0 Å². The normalized spacial score (nSPS) is 10.2. The first-order valence-corrected chi connectivity index (χ1v) is 6.48. The molecule has 0 radical (unpaired) electrons. The molecule has 100 valence electrons. The fourth-order valence-electron chi connectivity index (χ4n) is 1.53. The molecule has 0 aliphatic heterocycles. The van der Waals surface area contributed by atoms with Crippen LogP contribution >= 0.6 is 11.3 Å². The van der Waals surface area contributed by atoms with Crippen molar-refractivity contribution >= 4 is 17.3 Å². The monoisotopic (exact) mass is 279 g/mol. The Morgan fingerprint density at radius 1 is 1.37 bits per heavy atom. The molecule has 6 heteroatoms. The summed E-state index contributed by atoms with van der Waals surface area (Å²) in [5.41, 5.74) is 0.552. The number of rotatable bonds is 6. The Balaban J connectivity index is 1.98. The van der Waals surface area contributed by atoms with E-state index in [4.69, 9.17) is 14.6 Å². The van der Waals surface area contributed by atoms with Gasteiger partial charge in [0.2, 0.25) is 0 Å². The Hall–Kier alpha value is -2.08. The molecule has 0 aliphatic rings. The number of hydrogen-bond acceptors (Lipinski definition) is 5. The van der Waals surface area contributed by atoms with E-state index in [0.29, 0.717) is 23.8 Å². The predicted molar refractivity (Wildman–Crippen MR) is 70.8 cm³/mol. The van der Waals surface area contributed by atoms with Gasteiger partial charge in [-0.2, -0.15) is 0 Å². The molecule has 0 aliphatic carbocycles. The first kappa shape index (κ1) is 13.4. The number of aliphatic carboxylic acids is 1. The molecule has 0 saturated heterocycles. The predicted octanol–water partition coefficient (Wildman–Crippen LogP) is 2.36. The summed E-state index contributed by atoms with van der Waals surface area (Å²) in [5, 5.41) is 11.1. The van der Waals surface area contributed by atoms with Crippen LogP contribution in [-0.4, -0.2) is 23.2 Å². The molecule has 1 aromatic heterocycles. The number of carboxylic acids is 1. The zero-order valence-corrected chi connectivity index (χ0v) is 11.1. The van der Waals surface area contributed by atoms with Gasteiger partial charge in [-0.15, -0.1) is 11.3 Å². The number of thiazole rings is 1. The molecule has 2 aromatic rings. The van der Waals surface area contributed by atoms with Crippen LogP contribution in [0.4, 0.5) is 0 Å². The van der Waals surface area contributed by atoms with Crippen molar-refractivity contribution in [2.45, 2.75) is 13.0 Å². The molecule has 0 spiro atoms. The third-order valence-electron chi connectivity index (χ3n) is 2.35. The van der Waals surface area contributed by atoms with E-state index in [1.54, 1.807) is 12.5 Å². The maximum Gasteiger partial charge on any atom is 0.309 e. The molecular formula is C13H13NO4S. The zero-order valence-electron chi connectivity index (χ0n) is 10.3. The fourth-order valence-corrected chi connectivity index (χ4v) is 2.23. The molecule has 1 aromatic carbocycles. The minimum atomic E-state index is -0.887. The highest BCUT2D eigenvalue weighted by Gasteiger charge is 2.08. The first-order chi connectivity index (χ1) is 9.19. The summed E-state index contributed by atoms with van der Waals surface area (Å²) in [4.78, 5) is 14.8.